The van der Waals surface area contributed by atoms with Crippen molar-refractivity contribution in [3.05, 3.63) is 100 Å². The Hall–Kier alpha value is -5.53. The monoisotopic (exact) mass is 626 g/mol. The Morgan fingerprint density at radius 2 is 1.69 bits per heavy atom. The molecular weight excluding hydrogens is 603 g/mol. The van der Waals surface area contributed by atoms with Gasteiger partial charge in [-0.3, -0.25) is 14.6 Å². The minimum atomic E-state index is -4.68. The van der Waals surface area contributed by atoms with Crippen LogP contribution < -0.4 is 25.0 Å². The number of alkyl halides is 3. The van der Waals surface area contributed by atoms with Gasteiger partial charge in [-0.2, -0.15) is 13.2 Å². The minimum Gasteiger partial charge on any atom is -0.491 e. The van der Waals surface area contributed by atoms with Crippen molar-refractivity contribution >= 4 is 22.6 Å². The summed E-state index contributed by atoms with van der Waals surface area (Å²) in [6.45, 7) is -0.308. The summed E-state index contributed by atoms with van der Waals surface area (Å²) in [5, 5.41) is 2.37. The van der Waals surface area contributed by atoms with Crippen molar-refractivity contribution in [1.29, 1.82) is 0 Å². The fraction of sp³-hybridized carbons (Fsp3) is 0.161. The van der Waals surface area contributed by atoms with Crippen LogP contribution in [0, 0.1) is 18.6 Å². The Balaban J connectivity index is 1.47. The molecule has 9 nitrogen and oxygen atoms in total. The second-order valence-corrected chi connectivity index (χ2v) is 9.66. The molecule has 3 heterocycles. The number of hydrogen-bond acceptors (Lipinski definition) is 7. The Morgan fingerprint density at radius 3 is 2.33 bits per heavy atom. The van der Waals surface area contributed by atoms with Crippen LogP contribution in [0.1, 0.15) is 16.1 Å². The molecule has 0 spiro atoms. The number of anilines is 1. The van der Waals surface area contributed by atoms with Crippen LogP contribution in [0.15, 0.2) is 71.8 Å². The lowest BCUT2D eigenvalue weighted by atomic mass is 10.0. The second-order valence-electron chi connectivity index (χ2n) is 9.66. The molecule has 0 radical (unpaired) electrons. The Morgan fingerprint density at radius 1 is 0.956 bits per heavy atom. The molecule has 0 saturated heterocycles. The average molecular weight is 627 g/mol. The van der Waals surface area contributed by atoms with Gasteiger partial charge in [0.25, 0.3) is 11.8 Å². The molecule has 5 aromatic rings. The van der Waals surface area contributed by atoms with E-state index in [4.69, 9.17) is 14.2 Å². The van der Waals surface area contributed by atoms with Crippen LogP contribution >= 0.6 is 0 Å². The Kier molecular flexibility index (Phi) is 8.40. The Bertz CT molecular complexity index is 1980. The summed E-state index contributed by atoms with van der Waals surface area (Å²) in [5.74, 6) is -2.25. The normalized spacial score (nSPS) is 11.4. The van der Waals surface area contributed by atoms with Gasteiger partial charge in [0.1, 0.15) is 23.4 Å². The van der Waals surface area contributed by atoms with Crippen molar-refractivity contribution in [2.45, 2.75) is 19.6 Å². The lowest BCUT2D eigenvalue weighted by molar-refractivity contribution is -0.141. The molecule has 0 aliphatic carbocycles. The highest BCUT2D eigenvalue weighted by Gasteiger charge is 2.30. The quantitative estimate of drug-likeness (QED) is 0.192. The average Bonchev–Trinajstić information content (AvgIpc) is 2.99. The number of methoxy groups -OCH3 is 2. The summed E-state index contributed by atoms with van der Waals surface area (Å²) < 4.78 is 85.7. The molecule has 0 aliphatic heterocycles. The van der Waals surface area contributed by atoms with E-state index in [1.54, 1.807) is 6.07 Å². The number of benzene rings is 2. The van der Waals surface area contributed by atoms with Crippen LogP contribution in [0.2, 0.25) is 0 Å². The highest BCUT2D eigenvalue weighted by molar-refractivity contribution is 6.05. The molecule has 0 aliphatic rings. The molecule has 1 amide bonds. The molecule has 2 aromatic carbocycles. The smallest absolute Gasteiger partial charge is 0.406 e. The first-order valence-corrected chi connectivity index (χ1v) is 13.1. The number of pyridine rings is 3. The largest absolute Gasteiger partial charge is 0.491 e. The number of hydrogen-bond donors (Lipinski definition) is 1. The third-order valence-electron chi connectivity index (χ3n) is 6.71. The number of aromatic nitrogens is 3. The van der Waals surface area contributed by atoms with Crippen molar-refractivity contribution in [3.8, 4) is 34.3 Å². The first-order valence-electron chi connectivity index (χ1n) is 13.1. The predicted molar refractivity (Wildman–Crippen MR) is 154 cm³/mol. The van der Waals surface area contributed by atoms with E-state index in [9.17, 15) is 27.2 Å². The van der Waals surface area contributed by atoms with Gasteiger partial charge in [-0.15, -0.1) is 0 Å². The molecule has 0 saturated carbocycles. The van der Waals surface area contributed by atoms with E-state index in [0.29, 0.717) is 15.8 Å². The highest BCUT2D eigenvalue weighted by Crippen LogP contribution is 2.35. The van der Waals surface area contributed by atoms with Crippen molar-refractivity contribution in [2.24, 2.45) is 0 Å². The van der Waals surface area contributed by atoms with E-state index < -0.39 is 41.3 Å². The fourth-order valence-electron chi connectivity index (χ4n) is 4.57. The third kappa shape index (κ3) is 6.54. The number of amides is 1. The number of nitrogens with zero attached hydrogens (tertiary/aromatic N) is 3. The predicted octanol–water partition coefficient (Wildman–Crippen LogP) is 6.67. The van der Waals surface area contributed by atoms with Gasteiger partial charge in [0, 0.05) is 47.5 Å². The lowest BCUT2D eigenvalue weighted by Crippen LogP contribution is -2.29. The molecule has 0 atom stereocenters. The summed E-state index contributed by atoms with van der Waals surface area (Å²) in [6, 6.07) is 10.9. The molecule has 0 fully saturated rings. The summed E-state index contributed by atoms with van der Waals surface area (Å²) >= 11 is 0. The van der Waals surface area contributed by atoms with Crippen molar-refractivity contribution in [1.82, 2.24) is 14.5 Å². The number of fused-ring (bicyclic) bond motifs is 1. The maximum atomic E-state index is 15.2. The zero-order chi connectivity index (χ0) is 32.5. The molecule has 0 bridgehead atoms. The zero-order valence-electron chi connectivity index (χ0n) is 23.8. The second kappa shape index (κ2) is 12.2. The van der Waals surface area contributed by atoms with Crippen LogP contribution in [0.5, 0.6) is 23.1 Å². The standard InChI is InChI=1S/C31H23F5N4O5/c1-16-26(28(41)20(14-40(16)15-31(34,35)36)17-4-6-18(32)7-5-17)29(42)38-19-8-9-23(21(33)12-19)45-24-10-11-37-22-13-25(43-2)30(44-3)39-27(22)24/h4-14H,15H2,1-3H3,(H,38,42). The topological polar surface area (TPSA) is 105 Å². The number of carbonyl (C=O) groups excluding carboxylic acids is 1. The van der Waals surface area contributed by atoms with Crippen molar-refractivity contribution < 1.29 is 41.0 Å². The molecule has 14 heteroatoms. The van der Waals surface area contributed by atoms with Gasteiger partial charge in [-0.05, 0) is 36.8 Å². The van der Waals surface area contributed by atoms with Crippen molar-refractivity contribution in [2.75, 3.05) is 19.5 Å². The molecule has 45 heavy (non-hydrogen) atoms. The van der Waals surface area contributed by atoms with Crippen LogP contribution in [0.25, 0.3) is 22.2 Å². The zero-order valence-corrected chi connectivity index (χ0v) is 23.8. The van der Waals surface area contributed by atoms with Gasteiger partial charge >= 0.3 is 6.18 Å². The van der Waals surface area contributed by atoms with E-state index in [1.807, 2.05) is 0 Å². The summed E-state index contributed by atoms with van der Waals surface area (Å²) in [7, 11) is 2.83. The van der Waals surface area contributed by atoms with Crippen LogP contribution in [-0.4, -0.2) is 40.8 Å². The molecular formula is C31H23F5N4O5. The summed E-state index contributed by atoms with van der Waals surface area (Å²) in [6.07, 6.45) is -2.30. The van der Waals surface area contributed by atoms with Gasteiger partial charge in [-0.25, -0.2) is 13.8 Å². The van der Waals surface area contributed by atoms with Crippen LogP contribution in [0.3, 0.4) is 0 Å². The molecule has 3 aromatic heterocycles. The number of ether oxygens (including phenoxy) is 3. The van der Waals surface area contributed by atoms with Crippen LogP contribution in [0.4, 0.5) is 27.6 Å². The third-order valence-corrected chi connectivity index (χ3v) is 6.71. The van der Waals surface area contributed by atoms with Gasteiger partial charge in [-0.1, -0.05) is 12.1 Å². The van der Waals surface area contributed by atoms with E-state index in [2.05, 4.69) is 15.3 Å². The van der Waals surface area contributed by atoms with E-state index in [1.165, 1.54) is 57.7 Å². The highest BCUT2D eigenvalue weighted by atomic mass is 19.4. The summed E-state index contributed by atoms with van der Waals surface area (Å²) in [4.78, 5) is 35.2. The van der Waals surface area contributed by atoms with Gasteiger partial charge < -0.3 is 24.1 Å². The number of halogens is 5. The van der Waals surface area contributed by atoms with E-state index in [-0.39, 0.29) is 45.4 Å². The summed E-state index contributed by atoms with van der Waals surface area (Å²) in [5.41, 5.74) is -1.39. The molecule has 1 N–H and O–H groups in total. The van der Waals surface area contributed by atoms with E-state index >= 15 is 4.39 Å². The fourth-order valence-corrected chi connectivity index (χ4v) is 4.57. The molecule has 232 valence electrons. The number of rotatable bonds is 8. The lowest BCUT2D eigenvalue weighted by Gasteiger charge is -2.18. The van der Waals surface area contributed by atoms with Crippen LogP contribution in [-0.2, 0) is 6.54 Å². The van der Waals surface area contributed by atoms with Gasteiger partial charge in [0.05, 0.1) is 19.7 Å². The molecule has 0 unspecified atom stereocenters. The first-order chi connectivity index (χ1) is 21.4. The maximum absolute atomic E-state index is 15.2. The minimum absolute atomic E-state index is 0.105. The number of nitrogens with one attached hydrogen (secondary N) is 1. The van der Waals surface area contributed by atoms with Crippen molar-refractivity contribution in [3.63, 3.8) is 0 Å². The molecule has 5 rings (SSSR count). The van der Waals surface area contributed by atoms with Gasteiger partial charge in [0.2, 0.25) is 5.43 Å². The number of carbonyl (C=O) groups is 1. The van der Waals surface area contributed by atoms with E-state index in [0.717, 1.165) is 24.4 Å². The SMILES string of the molecule is COc1cc2nccc(Oc3ccc(NC(=O)c4c(C)n(CC(F)(F)F)cc(-c5ccc(F)cc5)c4=O)cc3F)c2nc1OC. The maximum Gasteiger partial charge on any atom is 0.406 e. The van der Waals surface area contributed by atoms with Gasteiger partial charge in [0.15, 0.2) is 23.1 Å². The Labute approximate surface area is 251 Å². The first kappa shape index (κ1) is 30.9.